The Morgan fingerprint density at radius 2 is 2.25 bits per heavy atom. The van der Waals surface area contributed by atoms with E-state index < -0.39 is 0 Å². The molecule has 126 valence electrons. The van der Waals surface area contributed by atoms with Crippen LogP contribution >= 0.6 is 11.3 Å². The number of amides is 1. The molecule has 1 aliphatic carbocycles. The molecule has 4 rings (SSSR count). The van der Waals surface area contributed by atoms with Gasteiger partial charge in [0.1, 0.15) is 23.2 Å². The molecule has 3 aromatic rings. The van der Waals surface area contributed by atoms with Crippen molar-refractivity contribution < 1.29 is 4.79 Å². The molecule has 0 radical (unpaired) electrons. The van der Waals surface area contributed by atoms with Crippen LogP contribution in [0.25, 0.3) is 15.7 Å². The molecule has 2 atom stereocenters. The third-order valence-electron chi connectivity index (χ3n) is 4.96. The summed E-state index contributed by atoms with van der Waals surface area (Å²) in [6.07, 6.45) is 6.17. The molecule has 6 nitrogen and oxygen atoms in total. The van der Waals surface area contributed by atoms with Crippen LogP contribution in [0, 0.1) is 5.92 Å². The lowest BCUT2D eigenvalue weighted by Gasteiger charge is -2.29. The highest BCUT2D eigenvalue weighted by Gasteiger charge is 2.23. The van der Waals surface area contributed by atoms with Crippen LogP contribution in [-0.2, 0) is 11.3 Å². The molecule has 1 fully saturated rings. The van der Waals surface area contributed by atoms with E-state index in [0.29, 0.717) is 11.4 Å². The second kappa shape index (κ2) is 6.05. The van der Waals surface area contributed by atoms with Crippen molar-refractivity contribution in [1.82, 2.24) is 19.5 Å². The van der Waals surface area contributed by atoms with E-state index in [1.54, 1.807) is 22.1 Å². The minimum absolute atomic E-state index is 0.0304. The molecule has 0 aromatic carbocycles. The van der Waals surface area contributed by atoms with Crippen LogP contribution in [0.3, 0.4) is 0 Å². The van der Waals surface area contributed by atoms with E-state index in [1.807, 2.05) is 17.5 Å². The summed E-state index contributed by atoms with van der Waals surface area (Å²) in [4.78, 5) is 25.9. The van der Waals surface area contributed by atoms with Crippen LogP contribution in [-0.4, -0.2) is 26.1 Å². The monoisotopic (exact) mass is 344 g/mol. The Morgan fingerprint density at radius 3 is 3.08 bits per heavy atom. The lowest BCUT2D eigenvalue weighted by Crippen LogP contribution is -2.43. The van der Waals surface area contributed by atoms with Gasteiger partial charge in [-0.3, -0.25) is 14.0 Å². The Labute approximate surface area is 143 Å². The molecule has 3 heterocycles. The largest absolute Gasteiger partial charge is 0.351 e. The number of carbonyl (C=O) groups excluding carboxylic acids is 1. The minimum atomic E-state index is -0.229. The molecular weight excluding hydrogens is 324 g/mol. The van der Waals surface area contributed by atoms with Crippen molar-refractivity contribution in [3.05, 3.63) is 34.2 Å². The highest BCUT2D eigenvalue weighted by Crippen LogP contribution is 2.24. The maximum Gasteiger partial charge on any atom is 0.291 e. The standard InChI is InChI=1S/C17H20N4O2S/c1-11-4-2-3-5-13(11)19-15(22)9-21-16(23)14-8-12-6-7-24-17(12)20(14)10-18-21/h6-8,10-11,13H,2-5,9H2,1H3,(H,19,22)/t11-,13-/m0/s1. The van der Waals surface area contributed by atoms with Gasteiger partial charge in [-0.2, -0.15) is 5.10 Å². The zero-order chi connectivity index (χ0) is 16.7. The molecule has 0 bridgehead atoms. The van der Waals surface area contributed by atoms with E-state index in [1.165, 1.54) is 11.1 Å². The maximum absolute atomic E-state index is 12.6. The summed E-state index contributed by atoms with van der Waals surface area (Å²) in [5.41, 5.74) is 0.332. The molecule has 0 aliphatic heterocycles. The predicted octanol–water partition coefficient (Wildman–Crippen LogP) is 2.41. The minimum Gasteiger partial charge on any atom is -0.351 e. The van der Waals surface area contributed by atoms with Crippen molar-refractivity contribution in [2.24, 2.45) is 5.92 Å². The number of carbonyl (C=O) groups is 1. The summed E-state index contributed by atoms with van der Waals surface area (Å²) in [6.45, 7) is 2.14. The lowest BCUT2D eigenvalue weighted by atomic mass is 9.86. The Hall–Kier alpha value is -2.15. The van der Waals surface area contributed by atoms with Crippen molar-refractivity contribution in [3.63, 3.8) is 0 Å². The smallest absolute Gasteiger partial charge is 0.291 e. The predicted molar refractivity (Wildman–Crippen MR) is 94.4 cm³/mol. The average Bonchev–Trinajstić information content (AvgIpc) is 3.14. The number of thiophene rings is 1. The molecule has 1 N–H and O–H groups in total. The topological polar surface area (TPSA) is 68.4 Å². The summed E-state index contributed by atoms with van der Waals surface area (Å²) in [5, 5.41) is 10.3. The molecule has 24 heavy (non-hydrogen) atoms. The first-order valence-electron chi connectivity index (χ1n) is 8.37. The Kier molecular flexibility index (Phi) is 3.88. The molecule has 1 saturated carbocycles. The molecule has 3 aromatic heterocycles. The van der Waals surface area contributed by atoms with Gasteiger partial charge >= 0.3 is 0 Å². The number of aromatic nitrogens is 3. The summed E-state index contributed by atoms with van der Waals surface area (Å²) < 4.78 is 3.04. The van der Waals surface area contributed by atoms with Gasteiger partial charge in [0.2, 0.25) is 5.91 Å². The van der Waals surface area contributed by atoms with Crippen LogP contribution in [0.15, 0.2) is 28.6 Å². The van der Waals surface area contributed by atoms with Gasteiger partial charge in [0, 0.05) is 11.4 Å². The van der Waals surface area contributed by atoms with Gasteiger partial charge in [0.15, 0.2) is 0 Å². The van der Waals surface area contributed by atoms with Gasteiger partial charge in [-0.05, 0) is 36.3 Å². The van der Waals surface area contributed by atoms with Gasteiger partial charge in [-0.15, -0.1) is 11.3 Å². The first kappa shape index (κ1) is 15.4. The normalized spacial score (nSPS) is 21.4. The number of hydrogen-bond donors (Lipinski definition) is 1. The third kappa shape index (κ3) is 2.62. The van der Waals surface area contributed by atoms with Gasteiger partial charge in [-0.25, -0.2) is 4.68 Å². The molecule has 0 saturated heterocycles. The third-order valence-corrected chi connectivity index (χ3v) is 5.88. The van der Waals surface area contributed by atoms with Crippen LogP contribution < -0.4 is 10.9 Å². The van der Waals surface area contributed by atoms with E-state index >= 15 is 0 Å². The van der Waals surface area contributed by atoms with Crippen LogP contribution in [0.2, 0.25) is 0 Å². The Bertz CT molecular complexity index is 954. The van der Waals surface area contributed by atoms with Crippen LogP contribution in [0.4, 0.5) is 0 Å². The summed E-state index contributed by atoms with van der Waals surface area (Å²) in [6, 6.07) is 4.05. The first-order chi connectivity index (χ1) is 11.6. The first-order valence-corrected chi connectivity index (χ1v) is 9.25. The van der Waals surface area contributed by atoms with Crippen molar-refractivity contribution in [2.45, 2.75) is 45.2 Å². The summed E-state index contributed by atoms with van der Waals surface area (Å²) >= 11 is 1.57. The van der Waals surface area contributed by atoms with Gasteiger partial charge in [-0.1, -0.05) is 19.8 Å². The van der Waals surface area contributed by atoms with E-state index in [2.05, 4.69) is 17.3 Å². The Morgan fingerprint density at radius 1 is 1.42 bits per heavy atom. The zero-order valence-electron chi connectivity index (χ0n) is 13.6. The highest BCUT2D eigenvalue weighted by molar-refractivity contribution is 7.16. The fourth-order valence-electron chi connectivity index (χ4n) is 3.55. The number of fused-ring (bicyclic) bond motifs is 3. The average molecular weight is 344 g/mol. The molecule has 0 unspecified atom stereocenters. The fraction of sp³-hybridized carbons (Fsp3) is 0.471. The highest BCUT2D eigenvalue weighted by atomic mass is 32.1. The van der Waals surface area contributed by atoms with Crippen LogP contribution in [0.1, 0.15) is 32.6 Å². The van der Waals surface area contributed by atoms with E-state index in [0.717, 1.165) is 29.5 Å². The van der Waals surface area contributed by atoms with Crippen molar-refractivity contribution in [3.8, 4) is 0 Å². The van der Waals surface area contributed by atoms with E-state index in [-0.39, 0.29) is 24.1 Å². The van der Waals surface area contributed by atoms with Crippen molar-refractivity contribution >= 4 is 33.0 Å². The Balaban J connectivity index is 1.56. The lowest BCUT2D eigenvalue weighted by molar-refractivity contribution is -0.123. The van der Waals surface area contributed by atoms with Crippen LogP contribution in [0.5, 0.6) is 0 Å². The van der Waals surface area contributed by atoms with E-state index in [4.69, 9.17) is 0 Å². The second-order valence-electron chi connectivity index (χ2n) is 6.61. The second-order valence-corrected chi connectivity index (χ2v) is 7.50. The summed E-state index contributed by atoms with van der Waals surface area (Å²) in [5.74, 6) is 0.355. The number of nitrogens with one attached hydrogen (secondary N) is 1. The van der Waals surface area contributed by atoms with Crippen molar-refractivity contribution in [2.75, 3.05) is 0 Å². The zero-order valence-corrected chi connectivity index (χ0v) is 14.4. The number of nitrogens with zero attached hydrogens (tertiary/aromatic N) is 3. The summed E-state index contributed by atoms with van der Waals surface area (Å²) in [7, 11) is 0. The number of rotatable bonds is 3. The van der Waals surface area contributed by atoms with Gasteiger partial charge in [0.25, 0.3) is 5.56 Å². The van der Waals surface area contributed by atoms with Gasteiger partial charge < -0.3 is 5.32 Å². The maximum atomic E-state index is 12.6. The SMILES string of the molecule is C[C@H]1CCCC[C@@H]1NC(=O)Cn1ncn2c(cc3ccsc32)c1=O. The molecule has 7 heteroatoms. The molecule has 1 amide bonds. The molecular formula is C17H20N4O2S. The fourth-order valence-corrected chi connectivity index (χ4v) is 4.42. The quantitative estimate of drug-likeness (QED) is 0.793. The molecule has 0 spiro atoms. The number of hydrogen-bond acceptors (Lipinski definition) is 4. The van der Waals surface area contributed by atoms with E-state index in [9.17, 15) is 9.59 Å². The van der Waals surface area contributed by atoms with Crippen molar-refractivity contribution in [1.29, 1.82) is 0 Å². The molecule has 1 aliphatic rings. The van der Waals surface area contributed by atoms with Gasteiger partial charge in [0.05, 0.1) is 0 Å².